The summed E-state index contributed by atoms with van der Waals surface area (Å²) in [7, 11) is -2.99. The Morgan fingerprint density at radius 1 is 1.33 bits per heavy atom. The molecule has 0 rings (SSSR count). The van der Waals surface area contributed by atoms with E-state index in [1.165, 1.54) is 6.26 Å². The monoisotopic (exact) mass is 191 g/mol. The van der Waals surface area contributed by atoms with Crippen LogP contribution in [0.1, 0.15) is 26.2 Å². The average Bonchev–Trinajstić information content (AvgIpc) is 1.94. The predicted octanol–water partition coefficient (Wildman–Crippen LogP) is 1.28. The molecule has 0 bridgehead atoms. The Bertz CT molecular complexity index is 219. The zero-order valence-electron chi connectivity index (χ0n) is 7.71. The van der Waals surface area contributed by atoms with Gasteiger partial charge in [-0.15, -0.1) is 0 Å². The van der Waals surface area contributed by atoms with E-state index in [1.54, 1.807) is 0 Å². The van der Waals surface area contributed by atoms with Crippen molar-refractivity contribution in [2.75, 3.05) is 12.8 Å². The maximum atomic E-state index is 10.6. The molecular formula is C8H17NO2S. The molecule has 0 amide bonds. The molecule has 0 atom stereocenters. The summed E-state index contributed by atoms with van der Waals surface area (Å²) in [5, 5.41) is 0. The minimum Gasteiger partial charge on any atom is -0.215 e. The summed E-state index contributed by atoms with van der Waals surface area (Å²) in [5.74, 6) is 0. The summed E-state index contributed by atoms with van der Waals surface area (Å²) in [4.78, 5) is 0. The van der Waals surface area contributed by atoms with Gasteiger partial charge in [0.15, 0.2) is 0 Å². The zero-order chi connectivity index (χ0) is 9.45. The zero-order valence-corrected chi connectivity index (χ0v) is 8.52. The topological polar surface area (TPSA) is 46.2 Å². The minimum absolute atomic E-state index is 0.535. The second-order valence-electron chi connectivity index (χ2n) is 2.69. The lowest BCUT2D eigenvalue weighted by molar-refractivity contribution is 0.585. The standard InChI is InChI=1S/C8H17NO2S/c1-3-4-5-6-7-8-9-12(2,10)11/h4-5,9H,3,6-8H2,1-2H3/b5-4+. The van der Waals surface area contributed by atoms with E-state index >= 15 is 0 Å². The summed E-state index contributed by atoms with van der Waals surface area (Å²) in [6, 6.07) is 0. The van der Waals surface area contributed by atoms with Gasteiger partial charge in [0.2, 0.25) is 10.0 Å². The quantitative estimate of drug-likeness (QED) is 0.508. The summed E-state index contributed by atoms with van der Waals surface area (Å²) in [6.45, 7) is 2.61. The summed E-state index contributed by atoms with van der Waals surface area (Å²) >= 11 is 0. The second-order valence-corrected chi connectivity index (χ2v) is 4.52. The van der Waals surface area contributed by atoms with Gasteiger partial charge in [0.25, 0.3) is 0 Å². The molecule has 0 saturated heterocycles. The van der Waals surface area contributed by atoms with Crippen LogP contribution in [-0.2, 0) is 10.0 Å². The highest BCUT2D eigenvalue weighted by molar-refractivity contribution is 7.88. The van der Waals surface area contributed by atoms with E-state index in [-0.39, 0.29) is 0 Å². The van der Waals surface area contributed by atoms with Crippen LogP contribution >= 0.6 is 0 Å². The van der Waals surface area contributed by atoms with Gasteiger partial charge >= 0.3 is 0 Å². The molecule has 0 aromatic heterocycles. The van der Waals surface area contributed by atoms with Crippen LogP contribution in [0.25, 0.3) is 0 Å². The maximum Gasteiger partial charge on any atom is 0.208 e. The number of rotatable bonds is 6. The lowest BCUT2D eigenvalue weighted by Crippen LogP contribution is -2.22. The summed E-state index contributed by atoms with van der Waals surface area (Å²) < 4.78 is 23.6. The minimum atomic E-state index is -2.99. The fourth-order valence-corrected chi connectivity index (χ4v) is 1.28. The van der Waals surface area contributed by atoms with E-state index in [0.29, 0.717) is 6.54 Å². The second kappa shape index (κ2) is 6.20. The Balaban J connectivity index is 3.28. The van der Waals surface area contributed by atoms with Crippen molar-refractivity contribution in [2.45, 2.75) is 26.2 Å². The molecular weight excluding hydrogens is 174 g/mol. The molecule has 0 aliphatic heterocycles. The third kappa shape index (κ3) is 9.65. The van der Waals surface area contributed by atoms with Gasteiger partial charge in [0.05, 0.1) is 6.26 Å². The van der Waals surface area contributed by atoms with Gasteiger partial charge in [0.1, 0.15) is 0 Å². The Hall–Kier alpha value is -0.350. The highest BCUT2D eigenvalue weighted by Gasteiger charge is 1.96. The van der Waals surface area contributed by atoms with Crippen molar-refractivity contribution < 1.29 is 8.42 Å². The lowest BCUT2D eigenvalue weighted by Gasteiger charge is -1.98. The van der Waals surface area contributed by atoms with Crippen molar-refractivity contribution >= 4 is 10.0 Å². The first-order valence-electron chi connectivity index (χ1n) is 4.16. The molecule has 0 fully saturated rings. The predicted molar refractivity (Wildman–Crippen MR) is 51.5 cm³/mol. The fraction of sp³-hybridized carbons (Fsp3) is 0.750. The molecule has 72 valence electrons. The fourth-order valence-electron chi connectivity index (χ4n) is 0.762. The van der Waals surface area contributed by atoms with Crippen molar-refractivity contribution in [1.82, 2.24) is 4.72 Å². The SMILES string of the molecule is CC/C=C/CCCNS(C)(=O)=O. The van der Waals surface area contributed by atoms with Gasteiger partial charge in [-0.3, -0.25) is 0 Å². The lowest BCUT2D eigenvalue weighted by atomic mass is 10.3. The van der Waals surface area contributed by atoms with Crippen LogP contribution in [0, 0.1) is 0 Å². The highest BCUT2D eigenvalue weighted by atomic mass is 32.2. The normalized spacial score (nSPS) is 12.5. The van der Waals surface area contributed by atoms with Crippen molar-refractivity contribution in [3.05, 3.63) is 12.2 Å². The number of sulfonamides is 1. The van der Waals surface area contributed by atoms with E-state index in [1.807, 2.05) is 0 Å². The van der Waals surface area contributed by atoms with Gasteiger partial charge in [-0.25, -0.2) is 13.1 Å². The highest BCUT2D eigenvalue weighted by Crippen LogP contribution is 1.91. The molecule has 0 spiro atoms. The summed E-state index contributed by atoms with van der Waals surface area (Å²) in [6.07, 6.45) is 8.18. The molecule has 0 unspecified atom stereocenters. The van der Waals surface area contributed by atoms with Crippen molar-refractivity contribution in [2.24, 2.45) is 0 Å². The van der Waals surface area contributed by atoms with Crippen molar-refractivity contribution in [3.8, 4) is 0 Å². The van der Waals surface area contributed by atoms with E-state index < -0.39 is 10.0 Å². The van der Waals surface area contributed by atoms with Gasteiger partial charge < -0.3 is 0 Å². The molecule has 3 nitrogen and oxygen atoms in total. The number of unbranched alkanes of at least 4 members (excludes halogenated alkanes) is 1. The van der Waals surface area contributed by atoms with E-state index in [0.717, 1.165) is 19.3 Å². The number of hydrogen-bond acceptors (Lipinski definition) is 2. The number of allylic oxidation sites excluding steroid dienone is 2. The van der Waals surface area contributed by atoms with Crippen LogP contribution < -0.4 is 4.72 Å². The first-order valence-corrected chi connectivity index (χ1v) is 6.05. The van der Waals surface area contributed by atoms with Gasteiger partial charge in [-0.1, -0.05) is 19.1 Å². The third-order valence-corrected chi connectivity index (χ3v) is 2.04. The Morgan fingerprint density at radius 2 is 2.00 bits per heavy atom. The average molecular weight is 191 g/mol. The van der Waals surface area contributed by atoms with Crippen molar-refractivity contribution in [1.29, 1.82) is 0 Å². The maximum absolute atomic E-state index is 10.6. The molecule has 0 heterocycles. The van der Waals surface area contributed by atoms with Gasteiger partial charge in [-0.05, 0) is 19.3 Å². The first-order chi connectivity index (χ1) is 5.56. The molecule has 12 heavy (non-hydrogen) atoms. The van der Waals surface area contributed by atoms with Crippen LogP contribution in [0.5, 0.6) is 0 Å². The molecule has 0 aliphatic carbocycles. The summed E-state index contributed by atoms with van der Waals surface area (Å²) in [5.41, 5.74) is 0. The first kappa shape index (κ1) is 11.6. The number of hydrogen-bond donors (Lipinski definition) is 1. The molecule has 0 saturated carbocycles. The Labute approximate surface area is 74.9 Å². The van der Waals surface area contributed by atoms with E-state index in [9.17, 15) is 8.42 Å². The largest absolute Gasteiger partial charge is 0.215 e. The van der Waals surface area contributed by atoms with Crippen LogP contribution in [0.15, 0.2) is 12.2 Å². The molecule has 0 radical (unpaired) electrons. The third-order valence-electron chi connectivity index (χ3n) is 1.31. The smallest absolute Gasteiger partial charge is 0.208 e. The van der Waals surface area contributed by atoms with Gasteiger partial charge in [-0.2, -0.15) is 0 Å². The number of nitrogens with one attached hydrogen (secondary N) is 1. The molecule has 0 aromatic carbocycles. The van der Waals surface area contributed by atoms with Crippen LogP contribution in [0.2, 0.25) is 0 Å². The van der Waals surface area contributed by atoms with Crippen LogP contribution in [-0.4, -0.2) is 21.2 Å². The van der Waals surface area contributed by atoms with Crippen molar-refractivity contribution in [3.63, 3.8) is 0 Å². The Kier molecular flexibility index (Phi) is 6.02. The van der Waals surface area contributed by atoms with E-state index in [2.05, 4.69) is 23.8 Å². The molecule has 4 heteroatoms. The molecule has 1 N–H and O–H groups in total. The van der Waals surface area contributed by atoms with Gasteiger partial charge in [0, 0.05) is 6.54 Å². The molecule has 0 aliphatic rings. The van der Waals surface area contributed by atoms with Crippen LogP contribution in [0.4, 0.5) is 0 Å². The van der Waals surface area contributed by atoms with Crippen LogP contribution in [0.3, 0.4) is 0 Å². The van der Waals surface area contributed by atoms with E-state index in [4.69, 9.17) is 0 Å². The Morgan fingerprint density at radius 3 is 2.50 bits per heavy atom. The molecule has 0 aromatic rings.